The van der Waals surface area contributed by atoms with Gasteiger partial charge in [-0.15, -0.1) is 0 Å². The lowest BCUT2D eigenvalue weighted by atomic mass is 10.1. The molecule has 0 saturated heterocycles. The molecular formula is C15H16FN3O2. The summed E-state index contributed by atoms with van der Waals surface area (Å²) in [6.07, 6.45) is 0. The topological polar surface area (TPSA) is 76.4 Å². The Labute approximate surface area is 121 Å². The molecule has 0 amide bonds. The average Bonchev–Trinajstić information content (AvgIpc) is 2.52. The molecule has 0 spiro atoms. The number of esters is 1. The van der Waals surface area contributed by atoms with Crippen molar-refractivity contribution in [2.45, 2.75) is 0 Å². The van der Waals surface area contributed by atoms with Gasteiger partial charge in [0.05, 0.1) is 29.7 Å². The van der Waals surface area contributed by atoms with Crippen LogP contribution in [0.4, 0.5) is 27.1 Å². The molecule has 0 aliphatic rings. The van der Waals surface area contributed by atoms with Crippen molar-refractivity contribution in [3.63, 3.8) is 0 Å². The number of benzene rings is 2. The number of hydrogen-bond donors (Lipinski definition) is 3. The molecule has 0 aromatic heterocycles. The van der Waals surface area contributed by atoms with Gasteiger partial charge in [-0.25, -0.2) is 9.18 Å². The van der Waals surface area contributed by atoms with E-state index in [1.807, 2.05) is 6.07 Å². The number of nitrogens with one attached hydrogen (secondary N) is 2. The maximum Gasteiger partial charge on any atom is 0.340 e. The van der Waals surface area contributed by atoms with E-state index in [1.54, 1.807) is 31.3 Å². The van der Waals surface area contributed by atoms with Gasteiger partial charge in [-0.2, -0.15) is 0 Å². The number of methoxy groups -OCH3 is 1. The molecule has 0 bridgehead atoms. The zero-order valence-electron chi connectivity index (χ0n) is 11.7. The number of hydrogen-bond acceptors (Lipinski definition) is 5. The molecule has 2 aromatic carbocycles. The molecule has 110 valence electrons. The second-order valence-corrected chi connectivity index (χ2v) is 4.31. The maximum absolute atomic E-state index is 14.5. The molecule has 0 atom stereocenters. The van der Waals surface area contributed by atoms with E-state index < -0.39 is 11.8 Å². The van der Waals surface area contributed by atoms with Crippen LogP contribution in [0.15, 0.2) is 36.4 Å². The van der Waals surface area contributed by atoms with Gasteiger partial charge in [0, 0.05) is 12.7 Å². The van der Waals surface area contributed by atoms with Crippen molar-refractivity contribution in [1.82, 2.24) is 0 Å². The quantitative estimate of drug-likeness (QED) is 0.596. The maximum atomic E-state index is 14.5. The summed E-state index contributed by atoms with van der Waals surface area (Å²) in [6, 6.07) is 10.4. The molecule has 4 N–H and O–H groups in total. The standard InChI is InChI=1S/C15H16FN3O2/c1-18-11-8-10(15(20)21-2)14(12(16)13(11)17)19-9-6-4-3-5-7-9/h3-8,18-19H,17H2,1-2H3. The first-order valence-electron chi connectivity index (χ1n) is 6.28. The summed E-state index contributed by atoms with van der Waals surface area (Å²) in [4.78, 5) is 11.9. The zero-order chi connectivity index (χ0) is 15.4. The Bertz CT molecular complexity index is 660. The summed E-state index contributed by atoms with van der Waals surface area (Å²) in [5.41, 5.74) is 6.68. The normalized spacial score (nSPS) is 10.0. The molecule has 0 radical (unpaired) electrons. The summed E-state index contributed by atoms with van der Waals surface area (Å²) < 4.78 is 19.2. The second-order valence-electron chi connectivity index (χ2n) is 4.31. The number of carbonyl (C=O) groups excluding carboxylic acids is 1. The van der Waals surface area contributed by atoms with Crippen molar-refractivity contribution in [2.75, 3.05) is 30.5 Å². The van der Waals surface area contributed by atoms with Crippen LogP contribution in [-0.4, -0.2) is 20.1 Å². The number of halogens is 1. The minimum atomic E-state index is -0.703. The molecule has 0 aliphatic heterocycles. The van der Waals surface area contributed by atoms with Crippen molar-refractivity contribution in [3.8, 4) is 0 Å². The summed E-state index contributed by atoms with van der Waals surface area (Å²) >= 11 is 0. The highest BCUT2D eigenvalue weighted by molar-refractivity contribution is 5.99. The van der Waals surface area contributed by atoms with Gasteiger partial charge < -0.3 is 21.1 Å². The molecule has 0 fully saturated rings. The lowest BCUT2D eigenvalue weighted by molar-refractivity contribution is 0.0601. The van der Waals surface area contributed by atoms with Crippen LogP contribution >= 0.6 is 0 Å². The van der Waals surface area contributed by atoms with Crippen LogP contribution in [0.5, 0.6) is 0 Å². The average molecular weight is 289 g/mol. The van der Waals surface area contributed by atoms with E-state index in [0.29, 0.717) is 11.4 Å². The SMILES string of the molecule is CNc1cc(C(=O)OC)c(Nc2ccccc2)c(F)c1N. The lowest BCUT2D eigenvalue weighted by Gasteiger charge is -2.16. The number of rotatable bonds is 4. The van der Waals surface area contributed by atoms with Gasteiger partial charge in [0.15, 0.2) is 5.82 Å². The number of anilines is 4. The Kier molecular flexibility index (Phi) is 4.27. The van der Waals surface area contributed by atoms with Crippen LogP contribution in [0.3, 0.4) is 0 Å². The first kappa shape index (κ1) is 14.6. The predicted molar refractivity (Wildman–Crippen MR) is 81.4 cm³/mol. The Morgan fingerprint density at radius 3 is 2.52 bits per heavy atom. The third-order valence-electron chi connectivity index (χ3n) is 3.02. The number of ether oxygens (including phenoxy) is 1. The van der Waals surface area contributed by atoms with E-state index in [0.717, 1.165) is 0 Å². The molecule has 0 unspecified atom stereocenters. The predicted octanol–water partition coefficient (Wildman–Crippen LogP) is 2.98. The molecule has 21 heavy (non-hydrogen) atoms. The number of nitrogens with two attached hydrogens (primary N) is 1. The monoisotopic (exact) mass is 289 g/mol. The fourth-order valence-corrected chi connectivity index (χ4v) is 1.93. The van der Waals surface area contributed by atoms with Gasteiger partial charge >= 0.3 is 5.97 Å². The first-order valence-corrected chi connectivity index (χ1v) is 6.28. The van der Waals surface area contributed by atoms with E-state index in [9.17, 15) is 9.18 Å². The van der Waals surface area contributed by atoms with Crippen LogP contribution in [-0.2, 0) is 4.74 Å². The van der Waals surface area contributed by atoms with E-state index in [2.05, 4.69) is 10.6 Å². The Hall–Kier alpha value is -2.76. The van der Waals surface area contributed by atoms with Gasteiger partial charge in [0.25, 0.3) is 0 Å². The molecule has 0 heterocycles. The Morgan fingerprint density at radius 1 is 1.29 bits per heavy atom. The van der Waals surface area contributed by atoms with Gasteiger partial charge in [0.2, 0.25) is 0 Å². The smallest absolute Gasteiger partial charge is 0.340 e. The van der Waals surface area contributed by atoms with Gasteiger partial charge in [-0.3, -0.25) is 0 Å². The summed E-state index contributed by atoms with van der Waals surface area (Å²) in [7, 11) is 2.83. The molecule has 0 saturated carbocycles. The van der Waals surface area contributed by atoms with Crippen LogP contribution in [0.25, 0.3) is 0 Å². The minimum Gasteiger partial charge on any atom is -0.465 e. The number of nitrogen functional groups attached to an aromatic ring is 1. The molecule has 5 nitrogen and oxygen atoms in total. The van der Waals surface area contributed by atoms with Gasteiger partial charge in [0.1, 0.15) is 0 Å². The lowest BCUT2D eigenvalue weighted by Crippen LogP contribution is -2.11. The summed E-state index contributed by atoms with van der Waals surface area (Å²) in [5, 5.41) is 5.61. The Balaban J connectivity index is 2.57. The van der Waals surface area contributed by atoms with Crippen molar-refractivity contribution in [2.24, 2.45) is 0 Å². The van der Waals surface area contributed by atoms with E-state index in [-0.39, 0.29) is 16.9 Å². The highest BCUT2D eigenvalue weighted by Crippen LogP contribution is 2.34. The van der Waals surface area contributed by atoms with Gasteiger partial charge in [-0.1, -0.05) is 18.2 Å². The fraction of sp³-hybridized carbons (Fsp3) is 0.133. The van der Waals surface area contributed by atoms with E-state index in [4.69, 9.17) is 10.5 Å². The zero-order valence-corrected chi connectivity index (χ0v) is 11.7. The summed E-state index contributed by atoms with van der Waals surface area (Å²) in [6.45, 7) is 0. The fourth-order valence-electron chi connectivity index (χ4n) is 1.93. The third kappa shape index (κ3) is 2.89. The highest BCUT2D eigenvalue weighted by atomic mass is 19.1. The van der Waals surface area contributed by atoms with Crippen molar-refractivity contribution >= 4 is 28.7 Å². The number of para-hydroxylation sites is 1. The minimum absolute atomic E-state index is 0.00968. The molecule has 2 aromatic rings. The van der Waals surface area contributed by atoms with Crippen molar-refractivity contribution < 1.29 is 13.9 Å². The van der Waals surface area contributed by atoms with Crippen LogP contribution < -0.4 is 16.4 Å². The molecule has 6 heteroatoms. The van der Waals surface area contributed by atoms with Crippen LogP contribution in [0.2, 0.25) is 0 Å². The summed E-state index contributed by atoms with van der Waals surface area (Å²) in [5.74, 6) is -1.35. The second kappa shape index (κ2) is 6.13. The number of carbonyl (C=O) groups is 1. The highest BCUT2D eigenvalue weighted by Gasteiger charge is 2.21. The van der Waals surface area contributed by atoms with Crippen molar-refractivity contribution in [3.05, 3.63) is 47.8 Å². The molecular weight excluding hydrogens is 273 g/mol. The Morgan fingerprint density at radius 2 is 1.95 bits per heavy atom. The van der Waals surface area contributed by atoms with Gasteiger partial charge in [-0.05, 0) is 18.2 Å². The van der Waals surface area contributed by atoms with Crippen LogP contribution in [0, 0.1) is 5.82 Å². The largest absolute Gasteiger partial charge is 0.465 e. The van der Waals surface area contributed by atoms with E-state index in [1.165, 1.54) is 13.2 Å². The van der Waals surface area contributed by atoms with E-state index >= 15 is 0 Å². The third-order valence-corrected chi connectivity index (χ3v) is 3.02. The van der Waals surface area contributed by atoms with Crippen molar-refractivity contribution in [1.29, 1.82) is 0 Å². The molecule has 2 rings (SSSR count). The first-order chi connectivity index (χ1) is 10.1. The molecule has 0 aliphatic carbocycles. The van der Waals surface area contributed by atoms with Crippen LogP contribution in [0.1, 0.15) is 10.4 Å².